The monoisotopic (exact) mass is 439 g/mol. The lowest BCUT2D eigenvalue weighted by atomic mass is 10.1. The van der Waals surface area contributed by atoms with E-state index >= 15 is 0 Å². The second kappa shape index (κ2) is 8.86. The maximum Gasteiger partial charge on any atom is 0.416 e. The molecule has 3 aromatic rings. The molecule has 1 heterocycles. The van der Waals surface area contributed by atoms with Crippen LogP contribution in [0, 0.1) is 0 Å². The molecule has 0 atom stereocenters. The molecule has 0 saturated heterocycles. The fraction of sp³-hybridized carbons (Fsp3) is 0.300. The zero-order chi connectivity index (χ0) is 21.9. The lowest BCUT2D eigenvalue weighted by Crippen LogP contribution is -2.05. The normalized spacial score (nSPS) is 11.4. The first-order valence-electron chi connectivity index (χ1n) is 8.77. The molecule has 0 unspecified atom stereocenters. The Morgan fingerprint density at radius 2 is 1.63 bits per heavy atom. The van der Waals surface area contributed by atoms with Gasteiger partial charge in [-0.2, -0.15) is 13.2 Å². The number of methoxy groups -OCH3 is 3. The van der Waals surface area contributed by atoms with Crippen molar-refractivity contribution in [2.24, 2.45) is 7.05 Å². The van der Waals surface area contributed by atoms with Gasteiger partial charge in [0.2, 0.25) is 5.75 Å². The average Bonchev–Trinajstić information content (AvgIpc) is 3.11. The van der Waals surface area contributed by atoms with Gasteiger partial charge in [-0.25, -0.2) is 0 Å². The molecule has 0 N–H and O–H groups in total. The van der Waals surface area contributed by atoms with Crippen molar-refractivity contribution < 1.29 is 27.4 Å². The minimum atomic E-state index is -4.37. The van der Waals surface area contributed by atoms with Gasteiger partial charge in [0.25, 0.3) is 0 Å². The van der Waals surface area contributed by atoms with Crippen LogP contribution in [0.2, 0.25) is 0 Å². The molecule has 30 heavy (non-hydrogen) atoms. The van der Waals surface area contributed by atoms with Crippen molar-refractivity contribution in [3.05, 3.63) is 47.5 Å². The summed E-state index contributed by atoms with van der Waals surface area (Å²) in [5.41, 5.74) is 0.578. The number of thioether (sulfide) groups is 1. The third-order valence-corrected chi connectivity index (χ3v) is 5.47. The van der Waals surface area contributed by atoms with Gasteiger partial charge in [-0.05, 0) is 23.8 Å². The van der Waals surface area contributed by atoms with Crippen molar-refractivity contribution in [1.82, 2.24) is 14.8 Å². The Labute approximate surface area is 176 Å². The van der Waals surface area contributed by atoms with Gasteiger partial charge in [0.1, 0.15) is 0 Å². The number of benzene rings is 2. The lowest BCUT2D eigenvalue weighted by Gasteiger charge is -2.14. The van der Waals surface area contributed by atoms with Gasteiger partial charge in [0.05, 0.1) is 26.9 Å². The molecule has 0 radical (unpaired) electrons. The number of rotatable bonds is 7. The molecule has 1 aromatic heterocycles. The number of nitrogens with zero attached hydrogens (tertiary/aromatic N) is 3. The summed E-state index contributed by atoms with van der Waals surface area (Å²) in [4.78, 5) is 0. The highest BCUT2D eigenvalue weighted by atomic mass is 32.2. The van der Waals surface area contributed by atoms with Crippen LogP contribution in [0.5, 0.6) is 17.2 Å². The first kappa shape index (κ1) is 21.8. The first-order valence-corrected chi connectivity index (χ1v) is 9.75. The fourth-order valence-corrected chi connectivity index (χ4v) is 3.74. The van der Waals surface area contributed by atoms with Gasteiger partial charge in [-0.15, -0.1) is 10.2 Å². The van der Waals surface area contributed by atoms with E-state index in [1.807, 2.05) is 0 Å². The van der Waals surface area contributed by atoms with Crippen molar-refractivity contribution >= 4 is 11.8 Å². The second-order valence-corrected chi connectivity index (χ2v) is 7.21. The molecular formula is C20H20F3N3O3S. The number of hydrogen-bond donors (Lipinski definition) is 0. The Bertz CT molecular complexity index is 1010. The van der Waals surface area contributed by atoms with Gasteiger partial charge >= 0.3 is 6.18 Å². The summed E-state index contributed by atoms with van der Waals surface area (Å²) >= 11 is 1.30. The van der Waals surface area contributed by atoms with E-state index in [9.17, 15) is 13.2 Å². The van der Waals surface area contributed by atoms with Gasteiger partial charge in [-0.3, -0.25) is 0 Å². The predicted octanol–water partition coefficient (Wildman–Crippen LogP) is 4.82. The zero-order valence-electron chi connectivity index (χ0n) is 16.8. The van der Waals surface area contributed by atoms with Crippen molar-refractivity contribution in [3.63, 3.8) is 0 Å². The maximum absolute atomic E-state index is 12.9. The first-order chi connectivity index (χ1) is 14.3. The van der Waals surface area contributed by atoms with E-state index in [0.29, 0.717) is 45.1 Å². The van der Waals surface area contributed by atoms with E-state index in [4.69, 9.17) is 14.2 Å². The van der Waals surface area contributed by atoms with Gasteiger partial charge in [0.15, 0.2) is 22.5 Å². The molecule has 10 heteroatoms. The van der Waals surface area contributed by atoms with Crippen LogP contribution in [-0.4, -0.2) is 36.1 Å². The predicted molar refractivity (Wildman–Crippen MR) is 107 cm³/mol. The molecular weight excluding hydrogens is 419 g/mol. The Kier molecular flexibility index (Phi) is 6.45. The third-order valence-electron chi connectivity index (χ3n) is 4.38. The highest BCUT2D eigenvalue weighted by molar-refractivity contribution is 7.98. The molecule has 0 aliphatic heterocycles. The number of hydrogen-bond acceptors (Lipinski definition) is 6. The Morgan fingerprint density at radius 3 is 2.20 bits per heavy atom. The lowest BCUT2D eigenvalue weighted by molar-refractivity contribution is -0.137. The van der Waals surface area contributed by atoms with E-state index in [0.717, 1.165) is 12.1 Å². The van der Waals surface area contributed by atoms with Crippen LogP contribution in [0.1, 0.15) is 11.1 Å². The fourth-order valence-electron chi connectivity index (χ4n) is 2.89. The molecule has 160 valence electrons. The third kappa shape index (κ3) is 4.48. The van der Waals surface area contributed by atoms with Gasteiger partial charge in [-0.1, -0.05) is 30.0 Å². The number of alkyl halides is 3. The Balaban J connectivity index is 1.85. The van der Waals surface area contributed by atoms with Gasteiger partial charge < -0.3 is 18.8 Å². The van der Waals surface area contributed by atoms with Crippen molar-refractivity contribution in [3.8, 4) is 28.6 Å². The number of halogens is 3. The van der Waals surface area contributed by atoms with Gasteiger partial charge in [0, 0.05) is 18.4 Å². The van der Waals surface area contributed by atoms with Crippen LogP contribution in [0.3, 0.4) is 0 Å². The molecule has 0 spiro atoms. The quantitative estimate of drug-likeness (QED) is 0.492. The summed E-state index contributed by atoms with van der Waals surface area (Å²) in [5.74, 6) is 2.30. The van der Waals surface area contributed by atoms with E-state index in [2.05, 4.69) is 10.2 Å². The highest BCUT2D eigenvalue weighted by Gasteiger charge is 2.30. The Morgan fingerprint density at radius 1 is 0.967 bits per heavy atom. The minimum Gasteiger partial charge on any atom is -0.493 e. The number of ether oxygens (including phenoxy) is 3. The maximum atomic E-state index is 12.9. The molecule has 0 fully saturated rings. The van der Waals surface area contributed by atoms with Crippen LogP contribution in [0.15, 0.2) is 41.6 Å². The summed E-state index contributed by atoms with van der Waals surface area (Å²) in [6.45, 7) is 0. The van der Waals surface area contributed by atoms with E-state index in [-0.39, 0.29) is 0 Å². The summed E-state index contributed by atoms with van der Waals surface area (Å²) in [6, 6.07) is 8.76. The highest BCUT2D eigenvalue weighted by Crippen LogP contribution is 2.41. The molecule has 3 rings (SSSR count). The standard InChI is InChI=1S/C20H20F3N3O3S/c1-26-18(13-9-15(27-2)17(29-4)16(10-13)28-3)24-25-19(26)30-11-12-6-5-7-14(8-12)20(21,22)23/h5-10H,11H2,1-4H3. The summed E-state index contributed by atoms with van der Waals surface area (Å²) < 4.78 is 56.5. The molecule has 0 bridgehead atoms. The van der Waals surface area contributed by atoms with Crippen molar-refractivity contribution in [1.29, 1.82) is 0 Å². The minimum absolute atomic E-state index is 0.325. The largest absolute Gasteiger partial charge is 0.493 e. The van der Waals surface area contributed by atoms with E-state index in [1.165, 1.54) is 39.2 Å². The Hall–Kier alpha value is -2.88. The summed E-state index contributed by atoms with van der Waals surface area (Å²) in [7, 11) is 6.35. The second-order valence-electron chi connectivity index (χ2n) is 6.27. The van der Waals surface area contributed by atoms with E-state index in [1.54, 1.807) is 29.8 Å². The molecule has 0 aliphatic carbocycles. The van der Waals surface area contributed by atoms with Crippen molar-refractivity contribution in [2.75, 3.05) is 21.3 Å². The molecule has 0 saturated carbocycles. The molecule has 2 aromatic carbocycles. The van der Waals surface area contributed by atoms with Crippen LogP contribution >= 0.6 is 11.8 Å². The topological polar surface area (TPSA) is 58.4 Å². The average molecular weight is 439 g/mol. The summed E-state index contributed by atoms with van der Waals surface area (Å²) in [5, 5.41) is 8.96. The zero-order valence-corrected chi connectivity index (χ0v) is 17.6. The molecule has 0 amide bonds. The van der Waals surface area contributed by atoms with Crippen molar-refractivity contribution in [2.45, 2.75) is 17.1 Å². The van der Waals surface area contributed by atoms with Crippen LogP contribution in [0.4, 0.5) is 13.2 Å². The summed E-state index contributed by atoms with van der Waals surface area (Å²) in [6.07, 6.45) is -4.37. The van der Waals surface area contributed by atoms with Crippen LogP contribution in [0.25, 0.3) is 11.4 Å². The van der Waals surface area contributed by atoms with Crippen LogP contribution in [-0.2, 0) is 19.0 Å². The van der Waals surface area contributed by atoms with Crippen LogP contribution < -0.4 is 14.2 Å². The SMILES string of the molecule is COc1cc(-c2nnc(SCc3cccc(C(F)(F)F)c3)n2C)cc(OC)c1OC. The smallest absolute Gasteiger partial charge is 0.416 e. The molecule has 0 aliphatic rings. The van der Waals surface area contributed by atoms with E-state index < -0.39 is 11.7 Å². The molecule has 6 nitrogen and oxygen atoms in total. The number of aromatic nitrogens is 3.